The van der Waals surface area contributed by atoms with Crippen LogP contribution in [0.15, 0.2) is 35.9 Å². The summed E-state index contributed by atoms with van der Waals surface area (Å²) in [5, 5.41) is 21.3. The van der Waals surface area contributed by atoms with E-state index in [0.717, 1.165) is 5.56 Å². The molecule has 2 N–H and O–H groups in total. The van der Waals surface area contributed by atoms with Crippen LogP contribution in [-0.4, -0.2) is 23.6 Å². The van der Waals surface area contributed by atoms with Crippen LogP contribution < -0.4 is 10.1 Å². The zero-order valence-electron chi connectivity index (χ0n) is 14.4. The maximum absolute atomic E-state index is 12.4. The maximum atomic E-state index is 12.4. The van der Waals surface area contributed by atoms with E-state index >= 15 is 0 Å². The lowest BCUT2D eigenvalue weighted by atomic mass is 10.1. The predicted molar refractivity (Wildman–Crippen MR) is 123 cm³/mol. The molecule has 28 heavy (non-hydrogen) atoms. The Morgan fingerprint density at radius 1 is 1.29 bits per heavy atom. The molecule has 2 rings (SSSR count). The summed E-state index contributed by atoms with van der Waals surface area (Å²) >= 11 is 10.1. The van der Waals surface area contributed by atoms with E-state index in [4.69, 9.17) is 21.4 Å². The number of aliphatic carboxylic acids is 1. The van der Waals surface area contributed by atoms with Gasteiger partial charge in [-0.3, -0.25) is 4.79 Å². The average molecular weight is 623 g/mol. The van der Waals surface area contributed by atoms with E-state index in [1.165, 1.54) is 6.08 Å². The van der Waals surface area contributed by atoms with Crippen LogP contribution in [0.3, 0.4) is 0 Å². The number of anilines is 1. The van der Waals surface area contributed by atoms with Crippen LogP contribution in [0.2, 0.25) is 5.02 Å². The number of nitriles is 1. The number of carbonyl (C=O) groups excluding carboxylic acids is 1. The van der Waals surface area contributed by atoms with Crippen molar-refractivity contribution in [2.24, 2.45) is 0 Å². The first-order chi connectivity index (χ1) is 13.2. The van der Waals surface area contributed by atoms with E-state index in [9.17, 15) is 14.9 Å². The van der Waals surface area contributed by atoms with Crippen molar-refractivity contribution in [1.29, 1.82) is 5.26 Å². The van der Waals surface area contributed by atoms with Gasteiger partial charge in [-0.05, 0) is 93.6 Å². The Kier molecular flexibility index (Phi) is 8.09. The molecule has 0 atom stereocenters. The zero-order valence-corrected chi connectivity index (χ0v) is 19.5. The number of carbonyl (C=O) groups is 2. The molecule has 6 nitrogen and oxygen atoms in total. The molecule has 0 radical (unpaired) electrons. The van der Waals surface area contributed by atoms with Crippen LogP contribution in [-0.2, 0) is 9.59 Å². The molecule has 2 aromatic rings. The average Bonchev–Trinajstić information content (AvgIpc) is 2.61. The highest BCUT2D eigenvalue weighted by atomic mass is 127. The second-order valence-corrected chi connectivity index (χ2v) is 8.32. The van der Waals surface area contributed by atoms with Crippen molar-refractivity contribution in [3.05, 3.63) is 59.2 Å². The minimum absolute atomic E-state index is 0.0810. The maximum Gasteiger partial charge on any atom is 0.341 e. The van der Waals surface area contributed by atoms with Gasteiger partial charge in [-0.15, -0.1) is 0 Å². The number of benzene rings is 2. The van der Waals surface area contributed by atoms with Gasteiger partial charge in [-0.2, -0.15) is 5.26 Å². The molecule has 1 amide bonds. The van der Waals surface area contributed by atoms with E-state index < -0.39 is 18.5 Å². The molecule has 0 aliphatic rings. The van der Waals surface area contributed by atoms with Crippen LogP contribution in [0.25, 0.3) is 6.08 Å². The van der Waals surface area contributed by atoms with Crippen LogP contribution >= 0.6 is 56.8 Å². The lowest BCUT2D eigenvalue weighted by Gasteiger charge is -2.10. The van der Waals surface area contributed by atoms with Crippen LogP contribution in [0.5, 0.6) is 5.75 Å². The minimum Gasteiger partial charge on any atom is -0.480 e. The number of amides is 1. The Balaban J connectivity index is 2.25. The molecule has 0 aromatic heterocycles. The predicted octanol–water partition coefficient (Wildman–Crippen LogP) is 4.87. The molecule has 0 unspecified atom stereocenters. The highest BCUT2D eigenvalue weighted by Crippen LogP contribution is 2.30. The lowest BCUT2D eigenvalue weighted by molar-refractivity contribution is -0.139. The largest absolute Gasteiger partial charge is 0.480 e. The zero-order chi connectivity index (χ0) is 20.8. The van der Waals surface area contributed by atoms with Crippen molar-refractivity contribution in [3.8, 4) is 11.8 Å². The normalized spacial score (nSPS) is 10.9. The first-order valence-electron chi connectivity index (χ1n) is 7.74. The van der Waals surface area contributed by atoms with Gasteiger partial charge >= 0.3 is 5.97 Å². The quantitative estimate of drug-likeness (QED) is 0.272. The summed E-state index contributed by atoms with van der Waals surface area (Å²) in [5.74, 6) is -1.19. The Morgan fingerprint density at radius 3 is 2.46 bits per heavy atom. The molecule has 0 saturated carbocycles. The van der Waals surface area contributed by atoms with E-state index in [1.807, 2.05) is 58.2 Å². The summed E-state index contributed by atoms with van der Waals surface area (Å²) in [6.07, 6.45) is 1.45. The van der Waals surface area contributed by atoms with Gasteiger partial charge in [-0.25, -0.2) is 4.79 Å². The van der Waals surface area contributed by atoms with Gasteiger partial charge in [0.25, 0.3) is 5.91 Å². The molecule has 0 bridgehead atoms. The standard InChI is InChI=1S/C19H13ClI2N2O4/c1-10-2-3-13(7-14(10)20)24-19(27)12(8-23)4-11-5-15(21)18(16(22)6-11)28-9-17(25)26/h2-7H,9H2,1H3,(H,24,27)(H,25,26)/b12-4-. The van der Waals surface area contributed by atoms with Crippen molar-refractivity contribution < 1.29 is 19.4 Å². The van der Waals surface area contributed by atoms with Gasteiger partial charge < -0.3 is 15.2 Å². The Bertz CT molecular complexity index is 992. The molecule has 0 aliphatic carbocycles. The Hall–Kier alpha value is -1.84. The summed E-state index contributed by atoms with van der Waals surface area (Å²) in [4.78, 5) is 23.1. The van der Waals surface area contributed by atoms with E-state index in [-0.39, 0.29) is 5.57 Å². The number of hydrogen-bond acceptors (Lipinski definition) is 4. The monoisotopic (exact) mass is 622 g/mol. The molecule has 144 valence electrons. The summed E-state index contributed by atoms with van der Waals surface area (Å²) in [6.45, 7) is 1.40. The summed E-state index contributed by atoms with van der Waals surface area (Å²) in [7, 11) is 0. The first kappa shape index (κ1) is 22.4. The molecular formula is C19H13ClI2N2O4. The van der Waals surface area contributed by atoms with E-state index in [1.54, 1.807) is 30.3 Å². The van der Waals surface area contributed by atoms with Crippen molar-refractivity contribution in [3.63, 3.8) is 0 Å². The fourth-order valence-electron chi connectivity index (χ4n) is 2.12. The second kappa shape index (κ2) is 10.1. The van der Waals surface area contributed by atoms with Crippen molar-refractivity contribution in [1.82, 2.24) is 0 Å². The third-order valence-electron chi connectivity index (χ3n) is 3.47. The first-order valence-corrected chi connectivity index (χ1v) is 10.3. The summed E-state index contributed by atoms with van der Waals surface area (Å²) in [5.41, 5.74) is 1.90. The molecule has 0 heterocycles. The molecule has 0 fully saturated rings. The molecule has 0 spiro atoms. The molecule has 0 aliphatic heterocycles. The fourth-order valence-corrected chi connectivity index (χ4v) is 4.43. The number of halogens is 3. The van der Waals surface area contributed by atoms with Crippen LogP contribution in [0.4, 0.5) is 5.69 Å². The number of nitrogens with zero attached hydrogens (tertiary/aromatic N) is 1. The summed E-state index contributed by atoms with van der Waals surface area (Å²) in [6, 6.07) is 10.4. The minimum atomic E-state index is -1.07. The lowest BCUT2D eigenvalue weighted by Crippen LogP contribution is -2.13. The van der Waals surface area contributed by atoms with E-state index in [2.05, 4.69) is 5.32 Å². The van der Waals surface area contributed by atoms with Crippen molar-refractivity contribution >= 4 is 80.4 Å². The van der Waals surface area contributed by atoms with Gasteiger partial charge in [0, 0.05) is 10.7 Å². The van der Waals surface area contributed by atoms with Gasteiger partial charge in [0.2, 0.25) is 0 Å². The van der Waals surface area contributed by atoms with Gasteiger partial charge in [0.05, 0.1) is 7.14 Å². The number of aryl methyl sites for hydroxylation is 1. The highest BCUT2D eigenvalue weighted by Gasteiger charge is 2.13. The SMILES string of the molecule is Cc1ccc(NC(=O)/C(C#N)=C\c2cc(I)c(OCC(=O)O)c(I)c2)cc1Cl. The van der Waals surface area contributed by atoms with Gasteiger partial charge in [0.15, 0.2) is 6.61 Å². The van der Waals surface area contributed by atoms with Crippen LogP contribution in [0.1, 0.15) is 11.1 Å². The topological polar surface area (TPSA) is 99.4 Å². The number of nitrogens with one attached hydrogen (secondary N) is 1. The Morgan fingerprint density at radius 2 is 1.93 bits per heavy atom. The molecular weight excluding hydrogens is 609 g/mol. The van der Waals surface area contributed by atoms with Gasteiger partial charge in [-0.1, -0.05) is 17.7 Å². The smallest absolute Gasteiger partial charge is 0.341 e. The number of ether oxygens (including phenoxy) is 1. The number of hydrogen-bond donors (Lipinski definition) is 2. The van der Waals surface area contributed by atoms with E-state index in [0.29, 0.717) is 29.2 Å². The van der Waals surface area contributed by atoms with Crippen molar-refractivity contribution in [2.45, 2.75) is 6.92 Å². The fraction of sp³-hybridized carbons (Fsp3) is 0.105. The number of rotatable bonds is 6. The molecule has 2 aromatic carbocycles. The third kappa shape index (κ3) is 6.08. The number of carboxylic acids is 1. The van der Waals surface area contributed by atoms with Gasteiger partial charge in [0.1, 0.15) is 17.4 Å². The molecule has 9 heteroatoms. The van der Waals surface area contributed by atoms with Crippen LogP contribution in [0, 0.1) is 25.4 Å². The van der Waals surface area contributed by atoms with Crippen molar-refractivity contribution in [2.75, 3.05) is 11.9 Å². The second-order valence-electron chi connectivity index (χ2n) is 5.58. The highest BCUT2D eigenvalue weighted by molar-refractivity contribution is 14.1. The third-order valence-corrected chi connectivity index (χ3v) is 5.48. The molecule has 0 saturated heterocycles. The summed E-state index contributed by atoms with van der Waals surface area (Å²) < 4.78 is 6.60. The Labute approximate surface area is 193 Å². The number of carboxylic acid groups (broad SMARTS) is 1.